The molecule has 3 heteroatoms. The molecule has 1 atom stereocenters. The van der Waals surface area contributed by atoms with Gasteiger partial charge in [-0.2, -0.15) is 0 Å². The number of hydrogen-bond acceptors (Lipinski definition) is 3. The molecule has 3 nitrogen and oxygen atoms in total. The minimum absolute atomic E-state index is 0.251. The molecule has 1 aliphatic rings. The van der Waals surface area contributed by atoms with E-state index in [1.54, 1.807) is 12.1 Å². The smallest absolute Gasteiger partial charge is 0.231 e. The minimum Gasteiger partial charge on any atom is -0.454 e. The lowest BCUT2D eigenvalue weighted by molar-refractivity contribution is 0.173. The highest BCUT2D eigenvalue weighted by atomic mass is 16.7. The second kappa shape index (κ2) is 5.58. The van der Waals surface area contributed by atoms with Crippen molar-refractivity contribution in [1.82, 2.24) is 0 Å². The van der Waals surface area contributed by atoms with Crippen LogP contribution in [-0.4, -0.2) is 11.9 Å². The van der Waals surface area contributed by atoms with Gasteiger partial charge in [-0.15, -0.1) is 5.73 Å². The van der Waals surface area contributed by atoms with Crippen molar-refractivity contribution in [3.63, 3.8) is 0 Å². The second-order valence-corrected chi connectivity index (χ2v) is 3.88. The molecular formula is C14H16O3. The maximum absolute atomic E-state index is 9.92. The number of fused-ring (bicyclic) bond motifs is 1. The van der Waals surface area contributed by atoms with E-state index in [0.717, 1.165) is 24.2 Å². The zero-order valence-corrected chi connectivity index (χ0v) is 9.85. The molecule has 0 bridgehead atoms. The molecule has 0 aliphatic carbocycles. The first-order valence-corrected chi connectivity index (χ1v) is 5.80. The quantitative estimate of drug-likeness (QED) is 0.811. The summed E-state index contributed by atoms with van der Waals surface area (Å²) in [7, 11) is 0. The van der Waals surface area contributed by atoms with E-state index >= 15 is 0 Å². The number of hydrogen-bond donors (Lipinski definition) is 1. The van der Waals surface area contributed by atoms with Gasteiger partial charge in [0, 0.05) is 0 Å². The van der Waals surface area contributed by atoms with Crippen LogP contribution in [0.1, 0.15) is 31.4 Å². The fourth-order valence-corrected chi connectivity index (χ4v) is 1.58. The Morgan fingerprint density at radius 2 is 2.24 bits per heavy atom. The lowest BCUT2D eigenvalue weighted by atomic mass is 10.1. The van der Waals surface area contributed by atoms with E-state index in [4.69, 9.17) is 9.47 Å². The highest BCUT2D eigenvalue weighted by Crippen LogP contribution is 2.34. The van der Waals surface area contributed by atoms with Crippen LogP contribution in [0.5, 0.6) is 11.5 Å². The first kappa shape index (κ1) is 11.8. The van der Waals surface area contributed by atoms with E-state index in [1.807, 2.05) is 18.2 Å². The van der Waals surface area contributed by atoms with Crippen LogP contribution in [0.3, 0.4) is 0 Å². The van der Waals surface area contributed by atoms with Gasteiger partial charge in [0.1, 0.15) is 6.10 Å². The number of rotatable bonds is 4. The van der Waals surface area contributed by atoms with Gasteiger partial charge in [0.15, 0.2) is 11.5 Å². The van der Waals surface area contributed by atoms with Crippen LogP contribution in [-0.2, 0) is 0 Å². The molecule has 1 N–H and O–H groups in total. The van der Waals surface area contributed by atoms with E-state index in [0.29, 0.717) is 5.75 Å². The zero-order chi connectivity index (χ0) is 12.1. The van der Waals surface area contributed by atoms with Gasteiger partial charge in [-0.25, -0.2) is 0 Å². The summed E-state index contributed by atoms with van der Waals surface area (Å²) < 4.78 is 10.5. The molecule has 1 aliphatic heterocycles. The third-order valence-electron chi connectivity index (χ3n) is 2.54. The first-order chi connectivity index (χ1) is 8.31. The van der Waals surface area contributed by atoms with E-state index in [-0.39, 0.29) is 6.79 Å². The predicted molar refractivity (Wildman–Crippen MR) is 65.1 cm³/mol. The molecule has 1 unspecified atom stereocenters. The van der Waals surface area contributed by atoms with Crippen LogP contribution >= 0.6 is 0 Å². The fraction of sp³-hybridized carbons (Fsp3) is 0.357. The molecule has 0 spiro atoms. The Morgan fingerprint density at radius 1 is 1.41 bits per heavy atom. The van der Waals surface area contributed by atoms with Gasteiger partial charge in [-0.05, 0) is 36.3 Å². The Balaban J connectivity index is 2.09. The lowest BCUT2D eigenvalue weighted by Gasteiger charge is -2.05. The van der Waals surface area contributed by atoms with E-state index in [9.17, 15) is 5.11 Å². The summed E-state index contributed by atoms with van der Waals surface area (Å²) in [5.74, 6) is 1.42. The normalized spacial score (nSPS) is 14.0. The van der Waals surface area contributed by atoms with Crippen molar-refractivity contribution in [2.75, 3.05) is 6.79 Å². The molecule has 0 aromatic heterocycles. The van der Waals surface area contributed by atoms with Crippen molar-refractivity contribution in [3.8, 4) is 11.5 Å². The van der Waals surface area contributed by atoms with Gasteiger partial charge in [0.25, 0.3) is 0 Å². The maximum atomic E-state index is 9.92. The minimum atomic E-state index is -0.655. The molecule has 0 amide bonds. The fourth-order valence-electron chi connectivity index (χ4n) is 1.58. The van der Waals surface area contributed by atoms with Crippen molar-refractivity contribution in [1.29, 1.82) is 0 Å². The van der Waals surface area contributed by atoms with Crippen molar-refractivity contribution >= 4 is 0 Å². The van der Waals surface area contributed by atoms with Crippen molar-refractivity contribution < 1.29 is 14.6 Å². The number of aliphatic hydroxyl groups excluding tert-OH is 1. The summed E-state index contributed by atoms with van der Waals surface area (Å²) in [5.41, 5.74) is 3.76. The standard InChI is InChI=1S/C14H16O3/c1-2-3-4-5-6-12(15)11-7-8-13-14(9-11)17-10-16-13/h4,6-9,12,15H,2-3,10H2,1H3. The molecule has 1 aromatic rings. The summed E-state index contributed by atoms with van der Waals surface area (Å²) in [4.78, 5) is 0. The largest absolute Gasteiger partial charge is 0.454 e. The first-order valence-electron chi connectivity index (χ1n) is 5.80. The molecule has 0 fully saturated rings. The molecule has 1 aromatic carbocycles. The van der Waals surface area contributed by atoms with E-state index < -0.39 is 6.10 Å². The van der Waals surface area contributed by atoms with Crippen LogP contribution in [0.2, 0.25) is 0 Å². The van der Waals surface area contributed by atoms with Gasteiger partial charge in [0.2, 0.25) is 6.79 Å². The Morgan fingerprint density at radius 3 is 3.06 bits per heavy atom. The Kier molecular flexibility index (Phi) is 3.86. The van der Waals surface area contributed by atoms with Crippen LogP contribution in [0.4, 0.5) is 0 Å². The third kappa shape index (κ3) is 2.90. The molecule has 0 saturated heterocycles. The zero-order valence-electron chi connectivity index (χ0n) is 9.85. The van der Waals surface area contributed by atoms with Crippen LogP contribution in [0.25, 0.3) is 0 Å². The average Bonchev–Trinajstić information content (AvgIpc) is 2.81. The van der Waals surface area contributed by atoms with Gasteiger partial charge in [-0.3, -0.25) is 0 Å². The summed E-state index contributed by atoms with van der Waals surface area (Å²) >= 11 is 0. The molecule has 2 rings (SSSR count). The highest BCUT2D eigenvalue weighted by Gasteiger charge is 2.15. The number of aliphatic hydroxyl groups is 1. The monoisotopic (exact) mass is 232 g/mol. The molecule has 0 saturated carbocycles. The van der Waals surface area contributed by atoms with Crippen molar-refractivity contribution in [2.45, 2.75) is 25.9 Å². The van der Waals surface area contributed by atoms with Gasteiger partial charge >= 0.3 is 0 Å². The number of ether oxygens (including phenoxy) is 2. The Hall–Kier alpha value is -1.70. The maximum Gasteiger partial charge on any atom is 0.231 e. The Bertz CT molecular complexity index is 445. The topological polar surface area (TPSA) is 38.7 Å². The van der Waals surface area contributed by atoms with Crippen molar-refractivity contribution in [2.24, 2.45) is 0 Å². The highest BCUT2D eigenvalue weighted by molar-refractivity contribution is 5.45. The summed E-state index contributed by atoms with van der Waals surface area (Å²) in [6.45, 7) is 2.35. The lowest BCUT2D eigenvalue weighted by Crippen LogP contribution is -1.93. The molecule has 17 heavy (non-hydrogen) atoms. The molecular weight excluding hydrogens is 216 g/mol. The number of benzene rings is 1. The van der Waals surface area contributed by atoms with Crippen LogP contribution in [0, 0.1) is 0 Å². The van der Waals surface area contributed by atoms with Gasteiger partial charge in [-0.1, -0.05) is 19.4 Å². The van der Waals surface area contributed by atoms with E-state index in [1.165, 1.54) is 0 Å². The molecule has 0 radical (unpaired) electrons. The average molecular weight is 232 g/mol. The van der Waals surface area contributed by atoms with Gasteiger partial charge in [0.05, 0.1) is 0 Å². The third-order valence-corrected chi connectivity index (χ3v) is 2.54. The summed E-state index contributed by atoms with van der Waals surface area (Å²) in [6, 6.07) is 5.44. The van der Waals surface area contributed by atoms with E-state index in [2.05, 4.69) is 12.7 Å². The van der Waals surface area contributed by atoms with Crippen LogP contribution in [0.15, 0.2) is 36.1 Å². The van der Waals surface area contributed by atoms with Gasteiger partial charge < -0.3 is 14.6 Å². The SMILES string of the molecule is CCCC=C=CC(O)c1ccc2c(c1)OCO2. The number of unbranched alkanes of at least 4 members (excludes halogenated alkanes) is 1. The molecule has 1 heterocycles. The molecule has 90 valence electrons. The van der Waals surface area contributed by atoms with Crippen LogP contribution < -0.4 is 9.47 Å². The Labute approximate surface area is 101 Å². The summed E-state index contributed by atoms with van der Waals surface area (Å²) in [6.07, 6.45) is 4.98. The second-order valence-electron chi connectivity index (χ2n) is 3.88. The van der Waals surface area contributed by atoms with Crippen molar-refractivity contribution in [3.05, 3.63) is 41.6 Å². The summed E-state index contributed by atoms with van der Waals surface area (Å²) in [5, 5.41) is 9.92. The predicted octanol–water partition coefficient (Wildman–Crippen LogP) is 2.96.